The van der Waals surface area contributed by atoms with Crippen LogP contribution in [0.5, 0.6) is 0 Å². The highest BCUT2D eigenvalue weighted by Crippen LogP contribution is 2.45. The Morgan fingerprint density at radius 3 is 1.91 bits per heavy atom. The van der Waals surface area contributed by atoms with E-state index in [1.165, 1.54) is 11.1 Å². The van der Waals surface area contributed by atoms with Gasteiger partial charge in [-0.1, -0.05) is 89.5 Å². The number of nitrogens with one attached hydrogen (secondary N) is 1. The van der Waals surface area contributed by atoms with Crippen LogP contribution < -0.4 is 5.32 Å². The van der Waals surface area contributed by atoms with Crippen molar-refractivity contribution in [3.63, 3.8) is 0 Å². The summed E-state index contributed by atoms with van der Waals surface area (Å²) in [5, 5.41) is 8.65. The Morgan fingerprint density at radius 1 is 0.886 bits per heavy atom. The van der Waals surface area contributed by atoms with E-state index in [0.717, 1.165) is 28.7 Å². The van der Waals surface area contributed by atoms with Gasteiger partial charge in [0.15, 0.2) is 0 Å². The van der Waals surface area contributed by atoms with E-state index in [4.69, 9.17) is 9.84 Å². The van der Waals surface area contributed by atoms with Crippen LogP contribution in [-0.2, 0) is 10.3 Å². The first-order valence-electron chi connectivity index (χ1n) is 12.2. The van der Waals surface area contributed by atoms with E-state index >= 15 is 0 Å². The van der Waals surface area contributed by atoms with E-state index in [1.54, 1.807) is 0 Å². The van der Waals surface area contributed by atoms with Crippen LogP contribution in [0.3, 0.4) is 0 Å². The molecule has 0 fully saturated rings. The summed E-state index contributed by atoms with van der Waals surface area (Å²) in [5.74, 6) is 0.340. The number of aromatic nitrogens is 2. The topological polar surface area (TPSA) is 56.1 Å². The smallest absolute Gasteiger partial charge is 0.344 e. The molecule has 0 atom stereocenters. The number of carbonyl (C=O) groups is 1. The zero-order valence-electron chi connectivity index (χ0n) is 20.8. The maximum atomic E-state index is 13.3. The molecule has 2 heterocycles. The van der Waals surface area contributed by atoms with Crippen molar-refractivity contribution in [3.8, 4) is 11.3 Å². The number of hydrogen-bond donors (Lipinski definition) is 1. The molecule has 0 bridgehead atoms. The van der Waals surface area contributed by atoms with E-state index < -0.39 is 5.54 Å². The molecule has 0 saturated carbocycles. The third-order valence-electron chi connectivity index (χ3n) is 6.89. The molecule has 4 aromatic rings. The van der Waals surface area contributed by atoms with Crippen LogP contribution in [0.25, 0.3) is 11.3 Å². The van der Waals surface area contributed by atoms with Crippen LogP contribution in [0.4, 0.5) is 5.82 Å². The summed E-state index contributed by atoms with van der Waals surface area (Å²) in [5.41, 5.74) is 7.30. The zero-order valence-corrected chi connectivity index (χ0v) is 20.8. The van der Waals surface area contributed by atoms with E-state index in [9.17, 15) is 4.79 Å². The van der Waals surface area contributed by atoms with Gasteiger partial charge in [0, 0.05) is 12.1 Å². The molecule has 0 aliphatic carbocycles. The molecule has 0 amide bonds. The molecule has 1 N–H and O–H groups in total. The van der Waals surface area contributed by atoms with Crippen molar-refractivity contribution in [3.05, 3.63) is 106 Å². The van der Waals surface area contributed by atoms with Gasteiger partial charge in [0.25, 0.3) is 0 Å². The summed E-state index contributed by atoms with van der Waals surface area (Å²) < 4.78 is 7.54. The number of benzene rings is 3. The molecule has 5 heteroatoms. The molecule has 178 valence electrons. The second-order valence-electron chi connectivity index (χ2n) is 9.34. The molecule has 5 rings (SSSR count). The number of rotatable bonds is 5. The van der Waals surface area contributed by atoms with Gasteiger partial charge in [0.2, 0.25) is 0 Å². The Bertz CT molecular complexity index is 1310. The van der Waals surface area contributed by atoms with Gasteiger partial charge in [-0.2, -0.15) is 5.10 Å². The maximum absolute atomic E-state index is 13.3. The number of fused-ring (bicyclic) bond motifs is 1. The Hall–Kier alpha value is -3.86. The lowest BCUT2D eigenvalue weighted by molar-refractivity contribution is 0.0528. The number of ether oxygens (including phenoxy) is 1. The molecule has 5 nitrogen and oxygen atoms in total. The second kappa shape index (κ2) is 9.06. The highest BCUT2D eigenvalue weighted by Gasteiger charge is 2.44. The predicted molar refractivity (Wildman–Crippen MR) is 140 cm³/mol. The first-order chi connectivity index (χ1) is 16.9. The Kier molecular flexibility index (Phi) is 5.93. The van der Waals surface area contributed by atoms with Gasteiger partial charge >= 0.3 is 5.97 Å². The lowest BCUT2D eigenvalue weighted by Gasteiger charge is -2.40. The second-order valence-corrected chi connectivity index (χ2v) is 9.34. The molecular formula is C30H31N3O2. The van der Waals surface area contributed by atoms with Crippen molar-refractivity contribution in [2.75, 3.05) is 18.5 Å². The van der Waals surface area contributed by atoms with Crippen molar-refractivity contribution in [2.24, 2.45) is 0 Å². The van der Waals surface area contributed by atoms with Crippen LogP contribution in [0.2, 0.25) is 0 Å². The normalized spacial score (nSPS) is 14.2. The molecule has 0 spiro atoms. The van der Waals surface area contributed by atoms with Gasteiger partial charge in [0.1, 0.15) is 22.6 Å². The summed E-state index contributed by atoms with van der Waals surface area (Å²) in [6, 6.07) is 25.4. The van der Waals surface area contributed by atoms with Gasteiger partial charge in [0.05, 0.1) is 6.61 Å². The molecule has 3 aromatic carbocycles. The average Bonchev–Trinajstić information content (AvgIpc) is 3.26. The number of hydrogen-bond acceptors (Lipinski definition) is 4. The van der Waals surface area contributed by atoms with Crippen molar-refractivity contribution in [2.45, 2.75) is 39.7 Å². The van der Waals surface area contributed by atoms with E-state index in [1.807, 2.05) is 35.9 Å². The molecule has 0 saturated heterocycles. The zero-order chi connectivity index (χ0) is 24.6. The van der Waals surface area contributed by atoms with Gasteiger partial charge in [-0.15, -0.1) is 0 Å². The van der Waals surface area contributed by atoms with Crippen LogP contribution >= 0.6 is 0 Å². The van der Waals surface area contributed by atoms with Gasteiger partial charge in [-0.3, -0.25) is 0 Å². The van der Waals surface area contributed by atoms with E-state index in [2.05, 4.69) is 74.6 Å². The van der Waals surface area contributed by atoms with Gasteiger partial charge in [-0.25, -0.2) is 9.48 Å². The SMILES string of the molecule is CCOC(=O)c1c(-c2ccc(C)cc2)nn2c1NCCC2(c1ccc(C)cc1)c1ccc(C)cc1. The molecule has 0 unspecified atom stereocenters. The quantitative estimate of drug-likeness (QED) is 0.354. The molecule has 1 aliphatic rings. The van der Waals surface area contributed by atoms with Crippen LogP contribution in [-0.4, -0.2) is 28.9 Å². The van der Waals surface area contributed by atoms with E-state index in [-0.39, 0.29) is 5.97 Å². The number of carbonyl (C=O) groups excluding carboxylic acids is 1. The number of esters is 1. The lowest BCUT2D eigenvalue weighted by Crippen LogP contribution is -2.43. The van der Waals surface area contributed by atoms with E-state index in [0.29, 0.717) is 30.2 Å². The molecule has 1 aromatic heterocycles. The third-order valence-corrected chi connectivity index (χ3v) is 6.89. The monoisotopic (exact) mass is 465 g/mol. The Morgan fingerprint density at radius 2 is 1.40 bits per heavy atom. The van der Waals surface area contributed by atoms with Crippen molar-refractivity contribution >= 4 is 11.8 Å². The number of anilines is 1. The third kappa shape index (κ3) is 3.91. The maximum Gasteiger partial charge on any atom is 0.344 e. The molecule has 1 aliphatic heterocycles. The highest BCUT2D eigenvalue weighted by molar-refractivity contribution is 6.01. The van der Waals surface area contributed by atoms with Crippen LogP contribution in [0.1, 0.15) is 51.5 Å². The van der Waals surface area contributed by atoms with Crippen LogP contribution in [0.15, 0.2) is 72.8 Å². The minimum Gasteiger partial charge on any atom is -0.462 e. The summed E-state index contributed by atoms with van der Waals surface area (Å²) in [6.45, 7) is 9.08. The Labute approximate surface area is 206 Å². The highest BCUT2D eigenvalue weighted by atomic mass is 16.5. The molecular weight excluding hydrogens is 434 g/mol. The predicted octanol–water partition coefficient (Wildman–Crippen LogP) is 6.26. The Balaban J connectivity index is 1.82. The fraction of sp³-hybridized carbons (Fsp3) is 0.267. The number of aryl methyl sites for hydroxylation is 3. The number of nitrogens with zero attached hydrogens (tertiary/aromatic N) is 2. The van der Waals surface area contributed by atoms with Crippen LogP contribution in [0, 0.1) is 20.8 Å². The van der Waals surface area contributed by atoms with Gasteiger partial charge < -0.3 is 10.1 Å². The van der Waals surface area contributed by atoms with Crippen molar-refractivity contribution < 1.29 is 9.53 Å². The fourth-order valence-electron chi connectivity index (χ4n) is 4.99. The standard InChI is InChI=1S/C30H31N3O2/c1-5-35-29(34)26-27(23-12-6-20(2)7-13-23)32-33-28(26)31-19-18-30(33,24-14-8-21(3)9-15-24)25-16-10-22(4)11-17-25/h6-17,31H,5,18-19H2,1-4H3. The van der Waals surface area contributed by atoms with Crippen molar-refractivity contribution in [1.82, 2.24) is 9.78 Å². The van der Waals surface area contributed by atoms with Gasteiger partial charge in [-0.05, 0) is 45.2 Å². The first kappa shape index (κ1) is 22.9. The van der Waals surface area contributed by atoms with Crippen molar-refractivity contribution in [1.29, 1.82) is 0 Å². The summed E-state index contributed by atoms with van der Waals surface area (Å²) in [4.78, 5) is 13.3. The molecule has 35 heavy (non-hydrogen) atoms. The minimum atomic E-state index is -0.563. The minimum absolute atomic E-state index is 0.303. The first-order valence-corrected chi connectivity index (χ1v) is 12.2. The summed E-state index contributed by atoms with van der Waals surface area (Å²) in [6.07, 6.45) is 0.795. The molecule has 0 radical (unpaired) electrons. The lowest BCUT2D eigenvalue weighted by atomic mass is 9.78. The summed E-state index contributed by atoms with van der Waals surface area (Å²) >= 11 is 0. The fourth-order valence-corrected chi connectivity index (χ4v) is 4.99. The average molecular weight is 466 g/mol. The largest absolute Gasteiger partial charge is 0.462 e. The summed E-state index contributed by atoms with van der Waals surface area (Å²) in [7, 11) is 0.